The normalized spacial score (nSPS) is 12.3. The number of ether oxygens (including phenoxy) is 1. The summed E-state index contributed by atoms with van der Waals surface area (Å²) in [5, 5.41) is 4.07. The summed E-state index contributed by atoms with van der Waals surface area (Å²) in [7, 11) is 0. The fourth-order valence-electron chi connectivity index (χ4n) is 2.19. The molecule has 3 aromatic rings. The van der Waals surface area contributed by atoms with Crippen LogP contribution in [0.3, 0.4) is 0 Å². The fourth-order valence-corrected chi connectivity index (χ4v) is 2.19. The van der Waals surface area contributed by atoms with Crippen LogP contribution in [0.5, 0.6) is 0 Å². The van der Waals surface area contributed by atoms with Crippen molar-refractivity contribution in [2.45, 2.75) is 26.0 Å². The lowest BCUT2D eigenvalue weighted by Crippen LogP contribution is -2.18. The zero-order valence-corrected chi connectivity index (χ0v) is 12.5. The lowest BCUT2D eigenvalue weighted by molar-refractivity contribution is 0.0309. The van der Waals surface area contributed by atoms with Gasteiger partial charge in [-0.3, -0.25) is 14.6 Å². The Balaban J connectivity index is 1.68. The van der Waals surface area contributed by atoms with E-state index in [-0.39, 0.29) is 11.7 Å². The quantitative estimate of drug-likeness (QED) is 0.677. The lowest BCUT2D eigenvalue weighted by atomic mass is 10.1. The van der Waals surface area contributed by atoms with Crippen molar-refractivity contribution in [1.29, 1.82) is 0 Å². The molecule has 0 aliphatic rings. The maximum absolute atomic E-state index is 14.0. The molecule has 1 aromatic carbocycles. The molecule has 0 aliphatic carbocycles. The summed E-state index contributed by atoms with van der Waals surface area (Å²) in [6.45, 7) is 2.38. The van der Waals surface area contributed by atoms with Gasteiger partial charge >= 0.3 is 5.97 Å². The zero-order valence-electron chi connectivity index (χ0n) is 12.5. The Morgan fingerprint density at radius 2 is 2.00 bits per heavy atom. The van der Waals surface area contributed by atoms with Gasteiger partial charge in [-0.1, -0.05) is 0 Å². The predicted octanol–water partition coefficient (Wildman–Crippen LogP) is 2.60. The van der Waals surface area contributed by atoms with Crippen LogP contribution in [0.25, 0.3) is 11.0 Å². The summed E-state index contributed by atoms with van der Waals surface area (Å²) in [6, 6.07) is 4.37. The highest BCUT2D eigenvalue weighted by Crippen LogP contribution is 2.17. The second-order valence-corrected chi connectivity index (χ2v) is 5.15. The zero-order chi connectivity index (χ0) is 16.2. The van der Waals surface area contributed by atoms with E-state index in [9.17, 15) is 9.18 Å². The van der Waals surface area contributed by atoms with Crippen LogP contribution < -0.4 is 0 Å². The van der Waals surface area contributed by atoms with Crippen LogP contribution in [0.15, 0.2) is 43.0 Å². The first-order valence-electron chi connectivity index (χ1n) is 7.22. The second-order valence-electron chi connectivity index (χ2n) is 5.15. The van der Waals surface area contributed by atoms with Gasteiger partial charge < -0.3 is 4.74 Å². The number of hydrogen-bond donors (Lipinski definition) is 0. The number of hydrogen-bond acceptors (Lipinski definition) is 5. The molecular weight excluding hydrogens is 299 g/mol. The second kappa shape index (κ2) is 6.51. The summed E-state index contributed by atoms with van der Waals surface area (Å²) in [5.41, 5.74) is 0.710. The number of aromatic nitrogens is 4. The van der Waals surface area contributed by atoms with Crippen LogP contribution >= 0.6 is 0 Å². The van der Waals surface area contributed by atoms with E-state index in [2.05, 4.69) is 15.1 Å². The van der Waals surface area contributed by atoms with E-state index in [4.69, 9.17) is 4.74 Å². The first-order chi connectivity index (χ1) is 11.1. The molecular formula is C16H15FN4O2. The molecule has 0 bridgehead atoms. The van der Waals surface area contributed by atoms with Gasteiger partial charge in [-0.05, 0) is 19.1 Å². The van der Waals surface area contributed by atoms with E-state index in [1.807, 2.05) is 12.3 Å². The Labute approximate surface area is 131 Å². The molecule has 0 fully saturated rings. The number of carbonyl (C=O) groups excluding carboxylic acids is 1. The Kier molecular flexibility index (Phi) is 4.27. The average molecular weight is 314 g/mol. The Morgan fingerprint density at radius 3 is 2.70 bits per heavy atom. The van der Waals surface area contributed by atoms with E-state index < -0.39 is 11.8 Å². The van der Waals surface area contributed by atoms with Gasteiger partial charge in [-0.15, -0.1) is 0 Å². The van der Waals surface area contributed by atoms with Crippen molar-refractivity contribution in [1.82, 2.24) is 19.7 Å². The van der Waals surface area contributed by atoms with Crippen LogP contribution in [-0.4, -0.2) is 31.8 Å². The van der Waals surface area contributed by atoms with E-state index in [1.54, 1.807) is 17.8 Å². The van der Waals surface area contributed by atoms with Gasteiger partial charge in [-0.2, -0.15) is 5.10 Å². The maximum Gasteiger partial charge on any atom is 0.341 e. The van der Waals surface area contributed by atoms with Crippen LogP contribution in [0, 0.1) is 5.82 Å². The lowest BCUT2D eigenvalue weighted by Gasteiger charge is -2.13. The van der Waals surface area contributed by atoms with Crippen molar-refractivity contribution in [3.63, 3.8) is 0 Å². The molecule has 0 spiro atoms. The number of halogens is 1. The average Bonchev–Trinajstić information content (AvgIpc) is 3.05. The van der Waals surface area contributed by atoms with Crippen molar-refractivity contribution in [2.24, 2.45) is 0 Å². The summed E-state index contributed by atoms with van der Waals surface area (Å²) in [6.07, 6.45) is 6.70. The smallest absolute Gasteiger partial charge is 0.341 e. The largest absolute Gasteiger partial charge is 0.459 e. The van der Waals surface area contributed by atoms with Gasteiger partial charge in [0.15, 0.2) is 0 Å². The standard InChI is InChI=1S/C16H15FN4O2/c1-11(3-8-21-7-2-4-20-21)23-16(22)12-9-14-15(10-13(12)17)19-6-5-18-14/h2,4-7,9-11H,3,8H2,1H3/t11-/m0/s1. The summed E-state index contributed by atoms with van der Waals surface area (Å²) in [5.74, 6) is -1.37. The molecule has 0 saturated carbocycles. The highest BCUT2D eigenvalue weighted by Gasteiger charge is 2.18. The first-order valence-corrected chi connectivity index (χ1v) is 7.22. The SMILES string of the molecule is C[C@@H](CCn1cccn1)OC(=O)c1cc2nccnc2cc1F. The number of nitrogens with zero attached hydrogens (tertiary/aromatic N) is 4. The van der Waals surface area contributed by atoms with Crippen LogP contribution in [0.1, 0.15) is 23.7 Å². The molecule has 0 unspecified atom stereocenters. The van der Waals surface area contributed by atoms with Gasteiger partial charge in [0.1, 0.15) is 11.9 Å². The minimum Gasteiger partial charge on any atom is -0.459 e. The number of aryl methyl sites for hydroxylation is 1. The van der Waals surface area contributed by atoms with Crippen molar-refractivity contribution in [3.05, 3.63) is 54.4 Å². The molecule has 2 aromatic heterocycles. The summed E-state index contributed by atoms with van der Waals surface area (Å²) >= 11 is 0. The van der Waals surface area contributed by atoms with Crippen molar-refractivity contribution < 1.29 is 13.9 Å². The molecule has 0 radical (unpaired) electrons. The topological polar surface area (TPSA) is 69.9 Å². The number of esters is 1. The van der Waals surface area contributed by atoms with Crippen LogP contribution in [0.2, 0.25) is 0 Å². The highest BCUT2D eigenvalue weighted by molar-refractivity contribution is 5.93. The molecule has 118 valence electrons. The van der Waals surface area contributed by atoms with Crippen molar-refractivity contribution in [3.8, 4) is 0 Å². The van der Waals surface area contributed by atoms with E-state index in [0.29, 0.717) is 24.0 Å². The number of carbonyl (C=O) groups is 1. The van der Waals surface area contributed by atoms with Crippen LogP contribution in [-0.2, 0) is 11.3 Å². The molecule has 0 aliphatic heterocycles. The van der Waals surface area contributed by atoms with Gasteiger partial charge in [0, 0.05) is 43.8 Å². The number of rotatable bonds is 5. The number of benzene rings is 1. The fraction of sp³-hybridized carbons (Fsp3) is 0.250. The molecule has 0 N–H and O–H groups in total. The van der Waals surface area contributed by atoms with E-state index >= 15 is 0 Å². The van der Waals surface area contributed by atoms with Gasteiger partial charge in [0.25, 0.3) is 0 Å². The monoisotopic (exact) mass is 314 g/mol. The van der Waals surface area contributed by atoms with Gasteiger partial charge in [-0.25, -0.2) is 9.18 Å². The molecule has 2 heterocycles. The molecule has 0 amide bonds. The third kappa shape index (κ3) is 3.50. The molecule has 0 saturated heterocycles. The summed E-state index contributed by atoms with van der Waals surface area (Å²) in [4.78, 5) is 20.2. The molecule has 7 heteroatoms. The minimum absolute atomic E-state index is 0.135. The molecule has 1 atom stereocenters. The van der Waals surface area contributed by atoms with Crippen molar-refractivity contribution in [2.75, 3.05) is 0 Å². The van der Waals surface area contributed by atoms with Gasteiger partial charge in [0.2, 0.25) is 0 Å². The first kappa shape index (κ1) is 15.1. The number of fused-ring (bicyclic) bond motifs is 1. The van der Waals surface area contributed by atoms with E-state index in [0.717, 1.165) is 0 Å². The third-order valence-electron chi connectivity index (χ3n) is 3.41. The van der Waals surface area contributed by atoms with Crippen molar-refractivity contribution >= 4 is 17.0 Å². The maximum atomic E-state index is 14.0. The molecule has 23 heavy (non-hydrogen) atoms. The Morgan fingerprint density at radius 1 is 1.26 bits per heavy atom. The molecule has 3 rings (SSSR count). The van der Waals surface area contributed by atoms with Gasteiger partial charge in [0.05, 0.1) is 16.6 Å². The Hall–Kier alpha value is -2.83. The minimum atomic E-state index is -0.706. The van der Waals surface area contributed by atoms with Crippen LogP contribution in [0.4, 0.5) is 4.39 Å². The summed E-state index contributed by atoms with van der Waals surface area (Å²) < 4.78 is 21.1. The third-order valence-corrected chi connectivity index (χ3v) is 3.41. The van der Waals surface area contributed by atoms with E-state index in [1.165, 1.54) is 24.5 Å². The predicted molar refractivity (Wildman–Crippen MR) is 81.2 cm³/mol. The highest BCUT2D eigenvalue weighted by atomic mass is 19.1. The molecule has 6 nitrogen and oxygen atoms in total. The Bertz CT molecular complexity index is 820.